The van der Waals surface area contributed by atoms with Crippen molar-refractivity contribution in [2.45, 2.75) is 109 Å². The predicted octanol–water partition coefficient (Wildman–Crippen LogP) is 6.67. The SMILES string of the molecule is CC(C)(C)OC(=O)C(c1cc(F)cnc1C1CCCCO1)N1CC[C@@H](C(F)CCCCc2ccc3c(n2)NCCC3)C1. The Kier molecular flexibility index (Phi) is 10.1. The average Bonchev–Trinajstić information content (AvgIpc) is 3.45. The number of nitrogens with zero attached hydrogens (tertiary/aromatic N) is 3. The van der Waals surface area contributed by atoms with Crippen molar-refractivity contribution in [1.29, 1.82) is 0 Å². The average molecular weight is 585 g/mol. The van der Waals surface area contributed by atoms with Crippen molar-refractivity contribution in [2.24, 2.45) is 5.92 Å². The zero-order valence-electron chi connectivity index (χ0n) is 25.3. The lowest BCUT2D eigenvalue weighted by Gasteiger charge is -2.33. The van der Waals surface area contributed by atoms with Crippen molar-refractivity contribution in [3.05, 3.63) is 52.7 Å². The third-order valence-electron chi connectivity index (χ3n) is 8.57. The molecule has 2 aromatic heterocycles. The molecule has 0 amide bonds. The van der Waals surface area contributed by atoms with Crippen LogP contribution < -0.4 is 5.32 Å². The molecule has 3 aliphatic rings. The minimum atomic E-state index is -0.973. The van der Waals surface area contributed by atoms with Crippen LogP contribution in [0, 0.1) is 11.7 Å². The molecule has 42 heavy (non-hydrogen) atoms. The summed E-state index contributed by atoms with van der Waals surface area (Å²) in [6, 6.07) is 4.78. The van der Waals surface area contributed by atoms with Gasteiger partial charge in [-0.2, -0.15) is 0 Å². The number of alkyl halides is 1. The minimum absolute atomic E-state index is 0.197. The predicted molar refractivity (Wildman–Crippen MR) is 159 cm³/mol. The smallest absolute Gasteiger partial charge is 0.328 e. The van der Waals surface area contributed by atoms with E-state index in [-0.39, 0.29) is 12.0 Å². The van der Waals surface area contributed by atoms with E-state index in [0.29, 0.717) is 43.8 Å². The van der Waals surface area contributed by atoms with E-state index in [9.17, 15) is 9.18 Å². The molecule has 2 saturated heterocycles. The minimum Gasteiger partial charge on any atom is -0.459 e. The molecule has 2 fully saturated rings. The Bertz CT molecular complexity index is 1210. The third-order valence-corrected chi connectivity index (χ3v) is 8.57. The fourth-order valence-electron chi connectivity index (χ4n) is 6.47. The lowest BCUT2D eigenvalue weighted by Crippen LogP contribution is -2.38. The number of unbranched alkanes of at least 4 members (excludes halogenated alkanes) is 1. The molecule has 7 nitrogen and oxygen atoms in total. The Morgan fingerprint density at radius 3 is 2.86 bits per heavy atom. The van der Waals surface area contributed by atoms with E-state index in [0.717, 1.165) is 69.4 Å². The van der Waals surface area contributed by atoms with Crippen LogP contribution in [0.15, 0.2) is 24.4 Å². The van der Waals surface area contributed by atoms with Crippen LogP contribution in [0.25, 0.3) is 0 Å². The molecule has 0 aromatic carbocycles. The Labute approximate surface area is 248 Å². The number of aryl methyl sites for hydroxylation is 2. The van der Waals surface area contributed by atoms with Gasteiger partial charge in [-0.15, -0.1) is 0 Å². The fourth-order valence-corrected chi connectivity index (χ4v) is 6.47. The van der Waals surface area contributed by atoms with Gasteiger partial charge in [0.15, 0.2) is 0 Å². The first kappa shape index (κ1) is 30.8. The molecule has 5 rings (SSSR count). The second-order valence-corrected chi connectivity index (χ2v) is 13.1. The summed E-state index contributed by atoms with van der Waals surface area (Å²) in [6.45, 7) is 7.96. The van der Waals surface area contributed by atoms with E-state index in [2.05, 4.69) is 22.4 Å². The summed E-state index contributed by atoms with van der Waals surface area (Å²) in [5.74, 6) is -0.173. The number of hydrogen-bond donors (Lipinski definition) is 1. The first-order chi connectivity index (χ1) is 20.2. The molecule has 3 aliphatic heterocycles. The van der Waals surface area contributed by atoms with Crippen molar-refractivity contribution >= 4 is 11.8 Å². The van der Waals surface area contributed by atoms with Gasteiger partial charge in [-0.1, -0.05) is 12.5 Å². The number of likely N-dealkylation sites (tertiary alicyclic amines) is 1. The van der Waals surface area contributed by atoms with Gasteiger partial charge in [-0.05, 0) is 103 Å². The zero-order chi connectivity index (χ0) is 29.7. The van der Waals surface area contributed by atoms with Crippen LogP contribution in [0.5, 0.6) is 0 Å². The lowest BCUT2D eigenvalue weighted by molar-refractivity contribution is -0.161. The van der Waals surface area contributed by atoms with Crippen LogP contribution in [0.3, 0.4) is 0 Å². The molecule has 3 unspecified atom stereocenters. The highest BCUT2D eigenvalue weighted by atomic mass is 19.1. The number of carbonyl (C=O) groups is 1. The summed E-state index contributed by atoms with van der Waals surface area (Å²) < 4.78 is 42.0. The van der Waals surface area contributed by atoms with E-state index in [1.54, 1.807) is 0 Å². The molecule has 0 saturated carbocycles. The molecule has 9 heteroatoms. The number of aromatic nitrogens is 2. The van der Waals surface area contributed by atoms with Crippen LogP contribution in [0.1, 0.15) is 107 Å². The summed E-state index contributed by atoms with van der Waals surface area (Å²) in [5, 5.41) is 3.38. The molecular formula is C33H46F2N4O3. The highest BCUT2D eigenvalue weighted by Crippen LogP contribution is 2.38. The molecule has 0 spiro atoms. The van der Waals surface area contributed by atoms with E-state index < -0.39 is 29.6 Å². The Morgan fingerprint density at radius 1 is 1.21 bits per heavy atom. The zero-order valence-corrected chi connectivity index (χ0v) is 25.3. The van der Waals surface area contributed by atoms with Gasteiger partial charge in [0.1, 0.15) is 29.4 Å². The van der Waals surface area contributed by atoms with Gasteiger partial charge in [-0.25, -0.2) is 18.6 Å². The fraction of sp³-hybridized carbons (Fsp3) is 0.667. The van der Waals surface area contributed by atoms with Gasteiger partial charge in [0.05, 0.1) is 18.0 Å². The molecule has 0 bridgehead atoms. The summed E-state index contributed by atoms with van der Waals surface area (Å²) >= 11 is 0. The normalized spacial score (nSPS) is 22.7. The molecular weight excluding hydrogens is 538 g/mol. The quantitative estimate of drug-likeness (QED) is 0.247. The topological polar surface area (TPSA) is 76.6 Å². The van der Waals surface area contributed by atoms with Crippen LogP contribution >= 0.6 is 0 Å². The van der Waals surface area contributed by atoms with Gasteiger partial charge >= 0.3 is 5.97 Å². The second-order valence-electron chi connectivity index (χ2n) is 13.1. The number of anilines is 1. The highest BCUT2D eigenvalue weighted by molar-refractivity contribution is 5.78. The standard InChI is InChI=1S/C33H46F2N4O3/c1-33(2,3)42-32(40)30(26-19-24(34)20-37-29(26)28-12-6-7-18-41-28)39-17-15-23(21-39)27(35)11-5-4-10-25-14-13-22-9-8-16-36-31(22)38-25/h13-14,19-20,23,27-28,30H,4-12,15-18,21H2,1-3H3,(H,36,38)/t23-,27?,28?,30?/m1/s1. The van der Waals surface area contributed by atoms with Gasteiger partial charge in [-0.3, -0.25) is 9.88 Å². The first-order valence-electron chi connectivity index (χ1n) is 15.8. The molecule has 1 N–H and O–H groups in total. The number of fused-ring (bicyclic) bond motifs is 1. The van der Waals surface area contributed by atoms with Crippen molar-refractivity contribution in [1.82, 2.24) is 14.9 Å². The van der Waals surface area contributed by atoms with Crippen LogP contribution in [-0.4, -0.2) is 58.9 Å². The number of esters is 1. The van der Waals surface area contributed by atoms with E-state index in [1.807, 2.05) is 25.7 Å². The van der Waals surface area contributed by atoms with Crippen molar-refractivity contribution in [3.8, 4) is 0 Å². The number of hydrogen-bond acceptors (Lipinski definition) is 7. The lowest BCUT2D eigenvalue weighted by atomic mass is 9.95. The molecule has 2 aromatic rings. The Balaban J connectivity index is 1.23. The number of halogens is 2. The van der Waals surface area contributed by atoms with Crippen LogP contribution in [-0.2, 0) is 27.1 Å². The summed E-state index contributed by atoms with van der Waals surface area (Å²) in [6.07, 6.45) is 8.42. The summed E-state index contributed by atoms with van der Waals surface area (Å²) in [7, 11) is 0. The van der Waals surface area contributed by atoms with Gasteiger partial charge in [0, 0.05) is 36.9 Å². The third kappa shape index (κ3) is 7.84. The van der Waals surface area contributed by atoms with E-state index >= 15 is 4.39 Å². The molecule has 0 radical (unpaired) electrons. The number of pyridine rings is 2. The van der Waals surface area contributed by atoms with Crippen LogP contribution in [0.4, 0.5) is 14.6 Å². The maximum Gasteiger partial charge on any atom is 0.328 e. The van der Waals surface area contributed by atoms with Gasteiger partial charge in [0.2, 0.25) is 0 Å². The number of nitrogens with one attached hydrogen (secondary N) is 1. The molecule has 230 valence electrons. The number of ether oxygens (including phenoxy) is 2. The molecule has 0 aliphatic carbocycles. The number of carbonyl (C=O) groups excluding carboxylic acids is 1. The second kappa shape index (κ2) is 13.8. The highest BCUT2D eigenvalue weighted by Gasteiger charge is 2.41. The summed E-state index contributed by atoms with van der Waals surface area (Å²) in [4.78, 5) is 24.8. The van der Waals surface area contributed by atoms with Crippen molar-refractivity contribution < 1.29 is 23.0 Å². The maximum atomic E-state index is 15.5. The first-order valence-corrected chi connectivity index (χ1v) is 15.8. The van der Waals surface area contributed by atoms with E-state index in [4.69, 9.17) is 14.5 Å². The van der Waals surface area contributed by atoms with Crippen LogP contribution in [0.2, 0.25) is 0 Å². The van der Waals surface area contributed by atoms with Crippen molar-refractivity contribution in [2.75, 3.05) is 31.6 Å². The van der Waals surface area contributed by atoms with Crippen molar-refractivity contribution in [3.63, 3.8) is 0 Å². The number of rotatable bonds is 10. The largest absolute Gasteiger partial charge is 0.459 e. The molecule has 4 atom stereocenters. The van der Waals surface area contributed by atoms with E-state index in [1.165, 1.54) is 17.8 Å². The van der Waals surface area contributed by atoms with Gasteiger partial charge in [0.25, 0.3) is 0 Å². The Hall–Kier alpha value is -2.65. The Morgan fingerprint density at radius 2 is 2.07 bits per heavy atom. The summed E-state index contributed by atoms with van der Waals surface area (Å²) in [5.41, 5.74) is 2.66. The molecule has 5 heterocycles. The maximum absolute atomic E-state index is 15.5. The van der Waals surface area contributed by atoms with Gasteiger partial charge < -0.3 is 14.8 Å². The monoisotopic (exact) mass is 584 g/mol.